The maximum atomic E-state index is 12.3. The molecule has 478 valence electrons. The van der Waals surface area contributed by atoms with E-state index in [1.54, 1.807) is 63.2 Å². The van der Waals surface area contributed by atoms with Crippen LogP contribution < -0.4 is 59.3 Å². The van der Waals surface area contributed by atoms with Gasteiger partial charge in [-0.05, 0) is 133 Å². The molecular weight excluding hydrogens is 1190 g/mol. The van der Waals surface area contributed by atoms with Crippen LogP contribution in [0.1, 0.15) is 127 Å². The third kappa shape index (κ3) is 17.5. The van der Waals surface area contributed by atoms with Gasteiger partial charge in [0, 0.05) is 79.7 Å². The van der Waals surface area contributed by atoms with Gasteiger partial charge in [-0.2, -0.15) is 4.98 Å². The minimum atomic E-state index is -0.678. The number of amidine groups is 2. The number of carbonyl (C=O) groups excluding carboxylic acids is 8. The lowest BCUT2D eigenvalue weighted by Crippen LogP contribution is -2.22. The molecule has 13 N–H and O–H groups in total. The quantitative estimate of drug-likeness (QED) is 0.0181. The van der Waals surface area contributed by atoms with E-state index in [9.17, 15) is 38.4 Å². The number of hydrogen-bond donors (Lipinski definition) is 11. The second-order valence-corrected chi connectivity index (χ2v) is 21.2. The molecule has 0 bridgehead atoms. The van der Waals surface area contributed by atoms with E-state index in [-0.39, 0.29) is 92.8 Å². The number of rotatable bonds is 20. The van der Waals surface area contributed by atoms with E-state index >= 15 is 0 Å². The van der Waals surface area contributed by atoms with Gasteiger partial charge in [0.05, 0.1) is 28.2 Å². The maximum Gasteiger partial charge on any atom is 0.366 e. The van der Waals surface area contributed by atoms with E-state index in [2.05, 4.69) is 98.9 Å². The van der Waals surface area contributed by atoms with Crippen molar-refractivity contribution in [3.05, 3.63) is 124 Å². The van der Waals surface area contributed by atoms with Gasteiger partial charge in [-0.15, -0.1) is 30.6 Å². The molecule has 0 unspecified atom stereocenters. The van der Waals surface area contributed by atoms with Crippen LogP contribution in [0.3, 0.4) is 0 Å². The van der Waals surface area contributed by atoms with Gasteiger partial charge in [-0.3, -0.25) is 28.8 Å². The molecule has 32 heteroatoms. The summed E-state index contributed by atoms with van der Waals surface area (Å²) in [6.45, 7) is 10.1. The first-order chi connectivity index (χ1) is 44.0. The molecule has 0 spiro atoms. The molecule has 0 atom stereocenters. The van der Waals surface area contributed by atoms with E-state index in [4.69, 9.17) is 25.7 Å². The number of nitrogens with zero attached hydrogens (tertiary/aromatic N) is 10. The van der Waals surface area contributed by atoms with Crippen molar-refractivity contribution in [1.29, 1.82) is 0 Å². The van der Waals surface area contributed by atoms with Crippen molar-refractivity contribution in [1.82, 2.24) is 56.7 Å². The van der Waals surface area contributed by atoms with Crippen LogP contribution in [0, 0.1) is 45.4 Å². The molecule has 0 radical (unpaired) electrons. The Morgan fingerprint density at radius 2 is 0.815 bits per heavy atom. The second-order valence-electron chi connectivity index (χ2n) is 21.2. The molecule has 4 heterocycles. The summed E-state index contributed by atoms with van der Waals surface area (Å²) in [6.07, 6.45) is 5.13. The maximum absolute atomic E-state index is 12.3. The number of amides is 6. The summed E-state index contributed by atoms with van der Waals surface area (Å²) >= 11 is 0. The molecule has 32 nitrogen and oxygen atoms in total. The number of nitrogens with two attached hydrogens (primary N) is 2. The first-order valence-corrected chi connectivity index (χ1v) is 28.7. The molecule has 92 heavy (non-hydrogen) atoms. The normalized spacial score (nSPS) is 13.2. The highest BCUT2D eigenvalue weighted by Crippen LogP contribution is 2.35. The molecular formula is C60H67N21O11. The summed E-state index contributed by atoms with van der Waals surface area (Å²) in [4.78, 5) is 111. The summed E-state index contributed by atoms with van der Waals surface area (Å²) < 4.78 is 5.28. The highest BCUT2D eigenvalue weighted by atomic mass is 16.7. The van der Waals surface area contributed by atoms with Gasteiger partial charge in [0.1, 0.15) is 11.7 Å². The second kappa shape index (κ2) is 29.9. The standard InChI is InChI=1S/2C20H23N7O4.C20H21N7O3/c2*1-10-13(20(30)31-27-11(2)21)5-4-6-14(10)23-15-9-16(24-18(28)12-7-8-12)25-26-17(15)19(29)22-3;1-10-13(20-22-11(2)27-30-20)5-4-6-14(10)23-15-9-16(24-18(28)12-7-8-12)25-26-17(15)19(29)21-3/h2*4-6,9,12H,7-8H2,1-3H3,(H2,21,27)(H,22,29)(H2,23,24,25,28);4-6,9,12H,7-8H2,1-3H3,(H,21,29)(H2,23,24,25,28). The van der Waals surface area contributed by atoms with Gasteiger partial charge in [-0.1, -0.05) is 33.7 Å². The zero-order valence-corrected chi connectivity index (χ0v) is 51.5. The average Bonchev–Trinajstić information content (AvgIpc) is 0.992. The third-order valence-corrected chi connectivity index (χ3v) is 13.9. The number of aromatic nitrogens is 8. The lowest BCUT2D eigenvalue weighted by atomic mass is 10.1. The Morgan fingerprint density at radius 3 is 1.12 bits per heavy atom. The largest absolute Gasteiger partial charge is 0.385 e. The Labute approximate surface area is 525 Å². The minimum Gasteiger partial charge on any atom is -0.385 e. The molecule has 10 rings (SSSR count). The van der Waals surface area contributed by atoms with Crippen LogP contribution in [0.4, 0.5) is 51.6 Å². The smallest absolute Gasteiger partial charge is 0.366 e. The number of hydrogen-bond acceptors (Lipinski definition) is 24. The Balaban J connectivity index is 0.000000178. The van der Waals surface area contributed by atoms with Crippen LogP contribution in [0.15, 0.2) is 87.6 Å². The van der Waals surface area contributed by atoms with Gasteiger partial charge in [0.15, 0.2) is 40.4 Å². The van der Waals surface area contributed by atoms with E-state index in [0.29, 0.717) is 51.3 Å². The van der Waals surface area contributed by atoms with Crippen molar-refractivity contribution >= 4 is 111 Å². The van der Waals surface area contributed by atoms with Crippen molar-refractivity contribution in [2.45, 2.75) is 80.1 Å². The topological polar surface area (TPSA) is 456 Å². The van der Waals surface area contributed by atoms with Crippen LogP contribution in [0.5, 0.6) is 0 Å². The number of anilines is 9. The predicted molar refractivity (Wildman–Crippen MR) is 337 cm³/mol. The van der Waals surface area contributed by atoms with Crippen LogP contribution in [0.25, 0.3) is 11.5 Å². The van der Waals surface area contributed by atoms with Crippen LogP contribution in [-0.4, -0.2) is 121 Å². The van der Waals surface area contributed by atoms with Gasteiger partial charge in [0.2, 0.25) is 17.7 Å². The molecule has 3 aromatic carbocycles. The fraction of sp³-hybridized carbons (Fsp3) is 0.300. The van der Waals surface area contributed by atoms with Crippen LogP contribution in [-0.2, 0) is 24.1 Å². The fourth-order valence-corrected chi connectivity index (χ4v) is 8.38. The van der Waals surface area contributed by atoms with E-state index in [1.165, 1.54) is 47.1 Å². The number of nitrogens with one attached hydrogen (secondary N) is 9. The number of benzene rings is 3. The van der Waals surface area contributed by atoms with Crippen molar-refractivity contribution in [2.24, 2.45) is 39.5 Å². The predicted octanol–water partition coefficient (Wildman–Crippen LogP) is 5.97. The van der Waals surface area contributed by atoms with Crippen molar-refractivity contribution in [2.75, 3.05) is 53.0 Å². The zero-order chi connectivity index (χ0) is 66.3. The first kappa shape index (κ1) is 66.1. The highest BCUT2D eigenvalue weighted by molar-refractivity contribution is 6.03. The molecule has 3 saturated carbocycles. The van der Waals surface area contributed by atoms with Crippen LogP contribution in [0.2, 0.25) is 0 Å². The summed E-state index contributed by atoms with van der Waals surface area (Å²) in [6, 6.07) is 20.1. The van der Waals surface area contributed by atoms with E-state index < -0.39 is 29.7 Å². The average molecular weight is 1260 g/mol. The monoisotopic (exact) mass is 1260 g/mol. The molecule has 6 amide bonds. The SMILES string of the molecule is CNC(=O)c1nnc(NC(=O)C2CC2)cc1Nc1cccc(-c2nc(C)no2)c1C.CNC(=O)c1nnc(NC(=O)C2CC2)cc1Nc1cccc(C(=O)O/N=C(/C)N)c1C.CNC(=O)c1nnc(NC(=O)C2CC2)cc1Nc1cccc(C(=O)O/N=C(/C)N)c1C. The van der Waals surface area contributed by atoms with Crippen molar-refractivity contribution in [3.8, 4) is 11.5 Å². The van der Waals surface area contributed by atoms with Crippen molar-refractivity contribution in [3.63, 3.8) is 0 Å². The Kier molecular flexibility index (Phi) is 21.5. The molecule has 4 aromatic heterocycles. The zero-order valence-electron chi connectivity index (χ0n) is 51.5. The lowest BCUT2D eigenvalue weighted by molar-refractivity contribution is -0.118. The van der Waals surface area contributed by atoms with E-state index in [0.717, 1.165) is 55.3 Å². The number of aryl methyl sites for hydroxylation is 1. The van der Waals surface area contributed by atoms with Gasteiger partial charge < -0.3 is 73.5 Å². The Morgan fingerprint density at radius 1 is 0.478 bits per heavy atom. The van der Waals surface area contributed by atoms with Gasteiger partial charge >= 0.3 is 11.9 Å². The molecule has 7 aromatic rings. The van der Waals surface area contributed by atoms with Gasteiger partial charge in [-0.25, -0.2) is 9.59 Å². The summed E-state index contributed by atoms with van der Waals surface area (Å²) in [5.74, 6) is -1.15. The first-order valence-electron chi connectivity index (χ1n) is 28.7. The third-order valence-electron chi connectivity index (χ3n) is 13.9. The number of carbonyl (C=O) groups is 8. The summed E-state index contributed by atoms with van der Waals surface area (Å²) in [5, 5.41) is 59.6. The Bertz CT molecular complexity index is 3890. The highest BCUT2D eigenvalue weighted by Gasteiger charge is 2.33. The lowest BCUT2D eigenvalue weighted by Gasteiger charge is -2.15. The summed E-state index contributed by atoms with van der Waals surface area (Å²) in [7, 11) is 4.46. The molecule has 0 saturated heterocycles. The van der Waals surface area contributed by atoms with Gasteiger partial charge in [0.25, 0.3) is 23.6 Å². The van der Waals surface area contributed by atoms with Crippen molar-refractivity contribution < 1.29 is 52.6 Å². The molecule has 3 aliphatic rings. The summed E-state index contributed by atoms with van der Waals surface area (Å²) in [5.41, 5.74) is 17.0. The molecule has 3 aliphatic carbocycles. The minimum absolute atomic E-state index is 0.0124. The Hall–Kier alpha value is -11.9. The fourth-order valence-electron chi connectivity index (χ4n) is 8.38. The molecule has 3 fully saturated rings. The van der Waals surface area contributed by atoms with E-state index in [1.807, 2.05) is 25.1 Å². The molecule has 0 aliphatic heterocycles. The van der Waals surface area contributed by atoms with Crippen LogP contribution >= 0.6 is 0 Å². The number of oxime groups is 2.